The molecule has 4 fully saturated rings. The van der Waals surface area contributed by atoms with Crippen molar-refractivity contribution < 1.29 is 15.3 Å². The van der Waals surface area contributed by atoms with E-state index < -0.39 is 5.60 Å². The first-order valence-corrected chi connectivity index (χ1v) is 13.9. The monoisotopic (exact) mass is 460 g/mol. The van der Waals surface area contributed by atoms with E-state index in [0.717, 1.165) is 25.7 Å². The molecule has 4 rings (SSSR count). The Hall–Kier alpha value is -0.380. The first kappa shape index (κ1) is 25.7. The second-order valence-corrected chi connectivity index (χ2v) is 14.3. The van der Waals surface area contributed by atoms with Crippen molar-refractivity contribution in [1.82, 2.24) is 0 Å². The van der Waals surface area contributed by atoms with Crippen LogP contribution in [0.15, 0.2) is 11.6 Å². The molecular weight excluding hydrogens is 408 g/mol. The Morgan fingerprint density at radius 1 is 0.879 bits per heavy atom. The lowest BCUT2D eigenvalue weighted by atomic mass is 9.35. The second kappa shape index (κ2) is 8.34. The first-order valence-electron chi connectivity index (χ1n) is 13.9. The predicted molar refractivity (Wildman–Crippen MR) is 136 cm³/mol. The van der Waals surface area contributed by atoms with Crippen LogP contribution in [0.4, 0.5) is 0 Å². The summed E-state index contributed by atoms with van der Waals surface area (Å²) in [5, 5.41) is 32.9. The molecule has 3 nitrogen and oxygen atoms in total. The number of allylic oxidation sites excluding steroid dienone is 2. The van der Waals surface area contributed by atoms with E-state index in [1.807, 2.05) is 0 Å². The zero-order valence-corrected chi connectivity index (χ0v) is 22.6. The fourth-order valence-electron chi connectivity index (χ4n) is 10.4. The van der Waals surface area contributed by atoms with Crippen molar-refractivity contribution in [2.24, 2.45) is 45.3 Å². The zero-order chi connectivity index (χ0) is 24.4. The van der Waals surface area contributed by atoms with Crippen LogP contribution >= 0.6 is 0 Å². The third kappa shape index (κ3) is 3.61. The maximum absolute atomic E-state index is 11.7. The average Bonchev–Trinajstić information content (AvgIpc) is 3.10. The molecule has 0 aromatic heterocycles. The van der Waals surface area contributed by atoms with Crippen LogP contribution in [0.25, 0.3) is 0 Å². The van der Waals surface area contributed by atoms with Gasteiger partial charge in [-0.05, 0) is 123 Å². The molecule has 9 atom stereocenters. The van der Waals surface area contributed by atoms with Gasteiger partial charge in [0, 0.05) is 0 Å². The van der Waals surface area contributed by atoms with E-state index in [-0.39, 0.29) is 34.9 Å². The molecule has 4 saturated carbocycles. The van der Waals surface area contributed by atoms with Crippen molar-refractivity contribution in [3.63, 3.8) is 0 Å². The van der Waals surface area contributed by atoms with Crippen LogP contribution in [0.2, 0.25) is 0 Å². The normalized spacial score (nSPS) is 48.2. The van der Waals surface area contributed by atoms with Gasteiger partial charge in [-0.25, -0.2) is 0 Å². The fraction of sp³-hybridized carbons (Fsp3) is 0.933. The molecule has 33 heavy (non-hydrogen) atoms. The van der Waals surface area contributed by atoms with Crippen LogP contribution < -0.4 is 0 Å². The van der Waals surface area contributed by atoms with Crippen molar-refractivity contribution in [3.05, 3.63) is 11.6 Å². The number of rotatable bonds is 5. The Balaban J connectivity index is 1.63. The summed E-state index contributed by atoms with van der Waals surface area (Å²) in [6.07, 6.45) is 12.7. The summed E-state index contributed by atoms with van der Waals surface area (Å²) in [5.41, 5.74) is 1.09. The third-order valence-electron chi connectivity index (χ3n) is 12.5. The van der Waals surface area contributed by atoms with Gasteiger partial charge in [0.15, 0.2) is 0 Å². The van der Waals surface area contributed by atoms with E-state index in [4.69, 9.17) is 0 Å². The molecule has 0 saturated heterocycles. The van der Waals surface area contributed by atoms with E-state index in [0.29, 0.717) is 29.6 Å². The standard InChI is InChI=1S/C30H52O3/c1-20(2)9-8-15-30(33,19-31)22-12-17-28(6)21(22)10-11-24-27(5)16-14-25(32)26(3,4)23(27)13-18-29(24,28)7/h9,21-25,31-33H,8,10-19H2,1-7H3/t21?,22?,23?,24?,25-,27-,28+,29+,30+/m0/s1. The van der Waals surface area contributed by atoms with Gasteiger partial charge in [-0.1, -0.05) is 46.3 Å². The van der Waals surface area contributed by atoms with E-state index in [1.165, 1.54) is 37.7 Å². The van der Waals surface area contributed by atoms with Crippen molar-refractivity contribution in [3.8, 4) is 0 Å². The van der Waals surface area contributed by atoms with Gasteiger partial charge >= 0.3 is 0 Å². The van der Waals surface area contributed by atoms with Crippen LogP contribution in [-0.2, 0) is 0 Å². The van der Waals surface area contributed by atoms with E-state index >= 15 is 0 Å². The van der Waals surface area contributed by atoms with Gasteiger partial charge in [0.05, 0.1) is 18.3 Å². The molecule has 3 heteroatoms. The van der Waals surface area contributed by atoms with Crippen LogP contribution in [0.5, 0.6) is 0 Å². The van der Waals surface area contributed by atoms with Crippen LogP contribution in [0.1, 0.15) is 113 Å². The van der Waals surface area contributed by atoms with Gasteiger partial charge in [-0.2, -0.15) is 0 Å². The molecule has 0 radical (unpaired) electrons. The third-order valence-corrected chi connectivity index (χ3v) is 12.5. The molecular formula is C30H52O3. The minimum atomic E-state index is -0.963. The summed E-state index contributed by atoms with van der Waals surface area (Å²) in [5.74, 6) is 1.96. The Bertz CT molecular complexity index is 769. The minimum absolute atomic E-state index is 0.00758. The molecule has 0 amide bonds. The van der Waals surface area contributed by atoms with Gasteiger partial charge in [0.25, 0.3) is 0 Å². The number of aliphatic hydroxyl groups excluding tert-OH is 2. The Kier molecular flexibility index (Phi) is 6.50. The summed E-state index contributed by atoms with van der Waals surface area (Å²) in [6, 6.07) is 0. The SMILES string of the molecule is CC(C)=CCC[C@@](O)(CO)C1CC[C@]2(C)C1CCC1[C@@]3(C)CC[C@H](O)C(C)(C)C3CC[C@]12C. The summed E-state index contributed by atoms with van der Waals surface area (Å²) >= 11 is 0. The summed E-state index contributed by atoms with van der Waals surface area (Å²) in [4.78, 5) is 0. The Morgan fingerprint density at radius 3 is 2.18 bits per heavy atom. The van der Waals surface area contributed by atoms with Gasteiger partial charge in [-0.3, -0.25) is 0 Å². The van der Waals surface area contributed by atoms with Crippen molar-refractivity contribution in [2.45, 2.75) is 124 Å². The van der Waals surface area contributed by atoms with Crippen molar-refractivity contribution in [1.29, 1.82) is 0 Å². The molecule has 0 spiro atoms. The predicted octanol–water partition coefficient (Wildman–Crippen LogP) is 6.50. The van der Waals surface area contributed by atoms with E-state index in [1.54, 1.807) is 0 Å². The lowest BCUT2D eigenvalue weighted by Crippen LogP contribution is -2.64. The number of aliphatic hydroxyl groups is 3. The molecule has 0 aromatic rings. The molecule has 3 N–H and O–H groups in total. The minimum Gasteiger partial charge on any atom is -0.393 e. The van der Waals surface area contributed by atoms with E-state index in [2.05, 4.69) is 54.5 Å². The molecule has 0 bridgehead atoms. The highest BCUT2D eigenvalue weighted by Gasteiger charge is 2.69. The lowest BCUT2D eigenvalue weighted by Gasteiger charge is -2.70. The van der Waals surface area contributed by atoms with E-state index in [9.17, 15) is 15.3 Å². The molecule has 4 unspecified atom stereocenters. The molecule has 0 heterocycles. The number of hydrogen-bond donors (Lipinski definition) is 3. The average molecular weight is 461 g/mol. The number of fused-ring (bicyclic) bond motifs is 5. The quantitative estimate of drug-likeness (QED) is 0.410. The van der Waals surface area contributed by atoms with Gasteiger partial charge in [0.2, 0.25) is 0 Å². The molecule has 190 valence electrons. The van der Waals surface area contributed by atoms with Crippen molar-refractivity contribution in [2.75, 3.05) is 6.61 Å². The van der Waals surface area contributed by atoms with Crippen LogP contribution in [0.3, 0.4) is 0 Å². The summed E-state index contributed by atoms with van der Waals surface area (Å²) in [6.45, 7) is 16.4. The van der Waals surface area contributed by atoms with Gasteiger partial charge in [-0.15, -0.1) is 0 Å². The summed E-state index contributed by atoms with van der Waals surface area (Å²) in [7, 11) is 0. The molecule has 4 aliphatic rings. The topological polar surface area (TPSA) is 60.7 Å². The highest BCUT2D eigenvalue weighted by molar-refractivity contribution is 5.18. The molecule has 0 aromatic carbocycles. The maximum atomic E-state index is 11.7. The van der Waals surface area contributed by atoms with Crippen LogP contribution in [-0.4, -0.2) is 33.6 Å². The first-order chi connectivity index (χ1) is 15.3. The van der Waals surface area contributed by atoms with Crippen LogP contribution in [0, 0.1) is 45.3 Å². The summed E-state index contributed by atoms with van der Waals surface area (Å²) < 4.78 is 0. The highest BCUT2D eigenvalue weighted by atomic mass is 16.3. The van der Waals surface area contributed by atoms with Crippen molar-refractivity contribution >= 4 is 0 Å². The lowest BCUT2D eigenvalue weighted by molar-refractivity contribution is -0.226. The Morgan fingerprint density at radius 2 is 1.55 bits per heavy atom. The highest BCUT2D eigenvalue weighted by Crippen LogP contribution is 2.75. The van der Waals surface area contributed by atoms with Gasteiger partial charge < -0.3 is 15.3 Å². The Labute approximate surface area is 203 Å². The smallest absolute Gasteiger partial charge is 0.0911 e. The largest absolute Gasteiger partial charge is 0.393 e. The number of hydrogen-bond acceptors (Lipinski definition) is 3. The zero-order valence-electron chi connectivity index (χ0n) is 22.6. The molecule has 4 aliphatic carbocycles. The second-order valence-electron chi connectivity index (χ2n) is 14.3. The fourth-order valence-corrected chi connectivity index (χ4v) is 10.4. The van der Waals surface area contributed by atoms with Gasteiger partial charge in [0.1, 0.15) is 0 Å². The molecule has 0 aliphatic heterocycles. The maximum Gasteiger partial charge on any atom is 0.0911 e.